The minimum atomic E-state index is -0.150. The van der Waals surface area contributed by atoms with Crippen LogP contribution < -0.4 is 0 Å². The molecule has 0 unspecified atom stereocenters. The molecule has 0 radical (unpaired) electrons. The molecule has 1 aromatic rings. The second-order valence-corrected chi connectivity index (χ2v) is 3.55. The highest BCUT2D eigenvalue weighted by atomic mass is 16.5. The maximum Gasteiger partial charge on any atom is 0.305 e. The number of aryl methyl sites for hydroxylation is 2. The number of hydrogen-bond acceptors (Lipinski definition) is 2. The van der Waals surface area contributed by atoms with E-state index < -0.39 is 0 Å². The van der Waals surface area contributed by atoms with Gasteiger partial charge in [-0.1, -0.05) is 0 Å². The Hall–Kier alpha value is -1.25. The summed E-state index contributed by atoms with van der Waals surface area (Å²) >= 11 is 0. The molecule has 0 aromatic carbocycles. The lowest BCUT2D eigenvalue weighted by atomic mass is 10.2. The summed E-state index contributed by atoms with van der Waals surface area (Å²) in [6.07, 6.45) is 1.21. The van der Waals surface area contributed by atoms with Crippen molar-refractivity contribution in [3.63, 3.8) is 0 Å². The van der Waals surface area contributed by atoms with E-state index in [2.05, 4.69) is 29.2 Å². The van der Waals surface area contributed by atoms with Crippen LogP contribution in [0.1, 0.15) is 23.4 Å². The van der Waals surface area contributed by atoms with Gasteiger partial charge in [-0.2, -0.15) is 0 Å². The summed E-state index contributed by atoms with van der Waals surface area (Å²) in [5, 5.41) is 0. The number of carbonyl (C=O) groups is 1. The lowest BCUT2D eigenvalue weighted by Gasteiger charge is -2.05. The first kappa shape index (κ1) is 10.8. The van der Waals surface area contributed by atoms with Gasteiger partial charge in [0.2, 0.25) is 0 Å². The molecule has 1 rings (SSSR count). The van der Waals surface area contributed by atoms with Crippen LogP contribution in [0.15, 0.2) is 6.07 Å². The quantitative estimate of drug-likeness (QED) is 0.688. The average Bonchev–Trinajstić information content (AvgIpc) is 2.39. The fourth-order valence-electron chi connectivity index (χ4n) is 1.66. The average molecular weight is 195 g/mol. The standard InChI is InChI=1S/C11H17NO2/c1-8-7-9(2)12(3)10(8)5-6-11(13)14-4/h7H,5-6H2,1-4H3. The Bertz CT molecular complexity index is 339. The van der Waals surface area contributed by atoms with Crippen molar-refractivity contribution in [3.8, 4) is 0 Å². The Labute approximate surface area is 84.7 Å². The molecule has 0 aliphatic carbocycles. The number of carbonyl (C=O) groups excluding carboxylic acids is 1. The van der Waals surface area contributed by atoms with E-state index >= 15 is 0 Å². The number of methoxy groups -OCH3 is 1. The molecular weight excluding hydrogens is 178 g/mol. The van der Waals surface area contributed by atoms with Crippen LogP contribution in [0.25, 0.3) is 0 Å². The van der Waals surface area contributed by atoms with Crippen LogP contribution in [0.4, 0.5) is 0 Å². The van der Waals surface area contributed by atoms with Crippen molar-refractivity contribution in [2.75, 3.05) is 7.11 Å². The van der Waals surface area contributed by atoms with E-state index in [1.165, 1.54) is 24.1 Å². The lowest BCUT2D eigenvalue weighted by Crippen LogP contribution is -2.06. The zero-order valence-electron chi connectivity index (χ0n) is 9.26. The van der Waals surface area contributed by atoms with Crippen LogP contribution in [0.2, 0.25) is 0 Å². The molecule has 0 aliphatic rings. The van der Waals surface area contributed by atoms with E-state index in [0.717, 1.165) is 6.42 Å². The monoisotopic (exact) mass is 195 g/mol. The fourth-order valence-corrected chi connectivity index (χ4v) is 1.66. The molecular formula is C11H17NO2. The number of ether oxygens (including phenoxy) is 1. The molecule has 0 N–H and O–H groups in total. The van der Waals surface area contributed by atoms with Crippen LogP contribution in [-0.4, -0.2) is 17.6 Å². The molecule has 14 heavy (non-hydrogen) atoms. The van der Waals surface area contributed by atoms with Crippen molar-refractivity contribution in [3.05, 3.63) is 23.0 Å². The second kappa shape index (κ2) is 4.31. The van der Waals surface area contributed by atoms with E-state index in [1.807, 2.05) is 7.05 Å². The number of aromatic nitrogens is 1. The van der Waals surface area contributed by atoms with Crippen LogP contribution in [-0.2, 0) is 23.0 Å². The van der Waals surface area contributed by atoms with E-state index in [0.29, 0.717) is 6.42 Å². The van der Waals surface area contributed by atoms with E-state index in [4.69, 9.17) is 0 Å². The van der Waals surface area contributed by atoms with E-state index in [1.54, 1.807) is 0 Å². The third-order valence-electron chi connectivity index (χ3n) is 2.61. The summed E-state index contributed by atoms with van der Waals surface area (Å²) in [4.78, 5) is 11.0. The minimum Gasteiger partial charge on any atom is -0.469 e. The van der Waals surface area contributed by atoms with Gasteiger partial charge >= 0.3 is 5.97 Å². The summed E-state index contributed by atoms with van der Waals surface area (Å²) in [6, 6.07) is 2.13. The van der Waals surface area contributed by atoms with Gasteiger partial charge < -0.3 is 9.30 Å². The highest BCUT2D eigenvalue weighted by Gasteiger charge is 2.08. The third-order valence-corrected chi connectivity index (χ3v) is 2.61. The van der Waals surface area contributed by atoms with Crippen LogP contribution >= 0.6 is 0 Å². The number of esters is 1. The largest absolute Gasteiger partial charge is 0.469 e. The third kappa shape index (κ3) is 2.16. The maximum absolute atomic E-state index is 11.0. The molecule has 0 bridgehead atoms. The van der Waals surface area contributed by atoms with Gasteiger partial charge in [0.05, 0.1) is 13.5 Å². The van der Waals surface area contributed by atoms with E-state index in [-0.39, 0.29) is 5.97 Å². The van der Waals surface area contributed by atoms with Crippen LogP contribution in [0.3, 0.4) is 0 Å². The number of nitrogens with zero attached hydrogens (tertiary/aromatic N) is 1. The van der Waals surface area contributed by atoms with Gasteiger partial charge in [0.15, 0.2) is 0 Å². The Morgan fingerprint density at radius 2 is 2.14 bits per heavy atom. The first-order valence-corrected chi connectivity index (χ1v) is 4.75. The Kier molecular flexibility index (Phi) is 3.33. The Morgan fingerprint density at radius 3 is 2.57 bits per heavy atom. The molecule has 78 valence electrons. The highest BCUT2D eigenvalue weighted by Crippen LogP contribution is 2.14. The van der Waals surface area contributed by atoms with Crippen molar-refractivity contribution < 1.29 is 9.53 Å². The SMILES string of the molecule is COC(=O)CCc1c(C)cc(C)n1C. The van der Waals surface area contributed by atoms with Gasteiger partial charge in [0, 0.05) is 18.4 Å². The van der Waals surface area contributed by atoms with Gasteiger partial charge in [-0.05, 0) is 31.9 Å². The Morgan fingerprint density at radius 1 is 1.50 bits per heavy atom. The molecule has 3 nitrogen and oxygen atoms in total. The normalized spacial score (nSPS) is 10.3. The summed E-state index contributed by atoms with van der Waals surface area (Å²) in [5.41, 5.74) is 3.68. The van der Waals surface area contributed by atoms with Crippen molar-refractivity contribution in [1.82, 2.24) is 4.57 Å². The summed E-state index contributed by atoms with van der Waals surface area (Å²) < 4.78 is 6.73. The van der Waals surface area contributed by atoms with Gasteiger partial charge in [-0.3, -0.25) is 4.79 Å². The molecule has 0 fully saturated rings. The van der Waals surface area contributed by atoms with E-state index in [9.17, 15) is 4.79 Å². The molecule has 0 atom stereocenters. The topological polar surface area (TPSA) is 31.2 Å². The first-order chi connectivity index (χ1) is 6.56. The van der Waals surface area contributed by atoms with Gasteiger partial charge in [0.1, 0.15) is 0 Å². The minimum absolute atomic E-state index is 0.150. The molecule has 0 spiro atoms. The van der Waals surface area contributed by atoms with Crippen molar-refractivity contribution in [1.29, 1.82) is 0 Å². The molecule has 0 aliphatic heterocycles. The van der Waals surface area contributed by atoms with Gasteiger partial charge in [0.25, 0.3) is 0 Å². The molecule has 3 heteroatoms. The van der Waals surface area contributed by atoms with Gasteiger partial charge in [-0.25, -0.2) is 0 Å². The highest BCUT2D eigenvalue weighted by molar-refractivity contribution is 5.69. The van der Waals surface area contributed by atoms with Gasteiger partial charge in [-0.15, -0.1) is 0 Å². The predicted octanol–water partition coefficient (Wildman–Crippen LogP) is 1.75. The Balaban J connectivity index is 2.71. The summed E-state index contributed by atoms with van der Waals surface area (Å²) in [5.74, 6) is -0.150. The fraction of sp³-hybridized carbons (Fsp3) is 0.545. The number of rotatable bonds is 3. The maximum atomic E-state index is 11.0. The first-order valence-electron chi connectivity index (χ1n) is 4.75. The molecule has 0 saturated carbocycles. The smallest absolute Gasteiger partial charge is 0.305 e. The van der Waals surface area contributed by atoms with Crippen molar-refractivity contribution >= 4 is 5.97 Å². The molecule has 0 saturated heterocycles. The zero-order chi connectivity index (χ0) is 10.7. The van der Waals surface area contributed by atoms with Crippen LogP contribution in [0, 0.1) is 13.8 Å². The zero-order valence-corrected chi connectivity index (χ0v) is 9.26. The lowest BCUT2D eigenvalue weighted by molar-refractivity contribution is -0.140. The van der Waals surface area contributed by atoms with Crippen LogP contribution in [0.5, 0.6) is 0 Å². The molecule has 1 aromatic heterocycles. The summed E-state index contributed by atoms with van der Waals surface area (Å²) in [7, 11) is 3.44. The predicted molar refractivity (Wildman–Crippen MR) is 55.2 cm³/mol. The number of hydrogen-bond donors (Lipinski definition) is 0. The van der Waals surface area contributed by atoms with Crippen molar-refractivity contribution in [2.45, 2.75) is 26.7 Å². The molecule has 1 heterocycles. The van der Waals surface area contributed by atoms with Crippen molar-refractivity contribution in [2.24, 2.45) is 7.05 Å². The molecule has 0 amide bonds. The second-order valence-electron chi connectivity index (χ2n) is 3.55. The summed E-state index contributed by atoms with van der Waals surface area (Å²) in [6.45, 7) is 4.13.